The predicted octanol–water partition coefficient (Wildman–Crippen LogP) is 12.0. The molecule has 2 aliphatic heterocycles. The van der Waals surface area contributed by atoms with Crippen LogP contribution < -0.4 is 4.74 Å². The average Bonchev–Trinajstić information content (AvgIpc) is 3.00. The van der Waals surface area contributed by atoms with Gasteiger partial charge in [-0.05, 0) is 111 Å². The Morgan fingerprint density at radius 1 is 0.712 bits per heavy atom. The van der Waals surface area contributed by atoms with Crippen molar-refractivity contribution >= 4 is 25.0 Å². The first kappa shape index (κ1) is 45.8. The van der Waals surface area contributed by atoms with Gasteiger partial charge in [-0.1, -0.05) is 81.4 Å². The van der Waals surface area contributed by atoms with Crippen molar-refractivity contribution in [2.75, 3.05) is 20.3 Å². The van der Waals surface area contributed by atoms with Crippen molar-refractivity contribution in [2.24, 2.45) is 5.92 Å². The highest BCUT2D eigenvalue weighted by molar-refractivity contribution is 6.75. The second-order valence-corrected chi connectivity index (χ2v) is 34.8. The molecule has 10 heteroatoms. The van der Waals surface area contributed by atoms with Gasteiger partial charge in [-0.2, -0.15) is 0 Å². The van der Waals surface area contributed by atoms with Gasteiger partial charge < -0.3 is 32.2 Å². The lowest BCUT2D eigenvalue weighted by Gasteiger charge is -2.45. The molecule has 0 saturated carbocycles. The molecule has 2 fully saturated rings. The maximum absolute atomic E-state index is 7.36. The minimum Gasteiger partial charge on any atom is -0.497 e. The van der Waals surface area contributed by atoms with Crippen LogP contribution in [0.4, 0.5) is 0 Å². The largest absolute Gasteiger partial charge is 0.497 e. The number of rotatable bonds is 16. The van der Waals surface area contributed by atoms with Gasteiger partial charge in [-0.25, -0.2) is 0 Å². The molecule has 2 aliphatic rings. The summed E-state index contributed by atoms with van der Waals surface area (Å²) in [5.74, 6) is 1.07. The Morgan fingerprint density at radius 3 is 1.75 bits per heavy atom. The molecule has 0 amide bonds. The summed E-state index contributed by atoms with van der Waals surface area (Å²) in [6, 6.07) is 8.03. The fourth-order valence-corrected chi connectivity index (χ4v) is 10.2. The van der Waals surface area contributed by atoms with Crippen LogP contribution in [-0.4, -0.2) is 75.8 Å². The maximum atomic E-state index is 7.36. The Hall–Kier alpha value is -0.569. The maximum Gasteiger partial charge on any atom is 0.192 e. The molecule has 0 radical (unpaired) electrons. The molecule has 302 valence electrons. The van der Waals surface area contributed by atoms with Crippen LogP contribution in [0.5, 0.6) is 5.75 Å². The van der Waals surface area contributed by atoms with Crippen molar-refractivity contribution < 1.29 is 32.2 Å². The lowest BCUT2D eigenvalue weighted by Crippen LogP contribution is -2.49. The molecule has 0 aromatic heterocycles. The van der Waals surface area contributed by atoms with Crippen LogP contribution in [0.3, 0.4) is 0 Å². The van der Waals surface area contributed by atoms with Gasteiger partial charge >= 0.3 is 0 Å². The van der Waals surface area contributed by atoms with E-state index in [1.165, 1.54) is 6.42 Å². The number of ether oxygens (including phenoxy) is 4. The highest BCUT2D eigenvalue weighted by atomic mass is 28.4. The Kier molecular flexibility index (Phi) is 16.0. The topological polar surface area (TPSA) is 64.6 Å². The predicted molar refractivity (Wildman–Crippen MR) is 224 cm³/mol. The van der Waals surface area contributed by atoms with Gasteiger partial charge in [0.05, 0.1) is 32.0 Å². The van der Waals surface area contributed by atoms with Crippen molar-refractivity contribution in [3.8, 4) is 5.75 Å². The smallest absolute Gasteiger partial charge is 0.192 e. The zero-order chi connectivity index (χ0) is 39.3. The normalized spacial score (nSPS) is 25.5. The first-order valence-electron chi connectivity index (χ1n) is 20.3. The molecular formula is C42H80O7Si3. The lowest BCUT2D eigenvalue weighted by molar-refractivity contribution is -0.243. The monoisotopic (exact) mass is 781 g/mol. The molecule has 2 saturated heterocycles. The summed E-state index contributed by atoms with van der Waals surface area (Å²) >= 11 is 0. The summed E-state index contributed by atoms with van der Waals surface area (Å²) in [6.45, 7) is 38.8. The highest BCUT2D eigenvalue weighted by Gasteiger charge is 2.44. The van der Waals surface area contributed by atoms with E-state index in [1.807, 2.05) is 24.3 Å². The third kappa shape index (κ3) is 13.0. The molecule has 7 atom stereocenters. The van der Waals surface area contributed by atoms with Gasteiger partial charge in [0.2, 0.25) is 0 Å². The van der Waals surface area contributed by atoms with E-state index in [9.17, 15) is 0 Å². The second-order valence-electron chi connectivity index (χ2n) is 20.5. The van der Waals surface area contributed by atoms with E-state index in [0.29, 0.717) is 6.61 Å². The number of benzene rings is 1. The van der Waals surface area contributed by atoms with Gasteiger partial charge in [-0.3, -0.25) is 0 Å². The van der Waals surface area contributed by atoms with E-state index in [1.54, 1.807) is 7.11 Å². The third-order valence-electron chi connectivity index (χ3n) is 13.1. The van der Waals surface area contributed by atoms with Crippen molar-refractivity contribution in [2.45, 2.75) is 205 Å². The minimum absolute atomic E-state index is 0.000325. The fourth-order valence-electron chi connectivity index (χ4n) is 6.35. The SMILES string of the molecule is COc1ccc([C@H]2OC[C@H](C)[C@@H](C[C@H](C[C@@H](C[C@@H]3CCC[C@H](CCO[Si](C)(C)C(C)(C)C)O3)O[Si](C)(C)C(C)(C)C)O[Si](C)(C)C(C)(C)C)O2)cc1. The molecule has 1 aromatic carbocycles. The van der Waals surface area contributed by atoms with E-state index in [-0.39, 0.29) is 51.6 Å². The molecular weight excluding hydrogens is 701 g/mol. The summed E-state index contributed by atoms with van der Waals surface area (Å²) in [7, 11) is -4.31. The molecule has 0 unspecified atom stereocenters. The first-order chi connectivity index (χ1) is 23.7. The Balaban J connectivity index is 1.84. The van der Waals surface area contributed by atoms with Gasteiger partial charge in [0.1, 0.15) is 5.75 Å². The summed E-state index contributed by atoms with van der Waals surface area (Å²) in [5.41, 5.74) is 1.01. The molecule has 7 nitrogen and oxygen atoms in total. The van der Waals surface area contributed by atoms with Crippen LogP contribution in [0.1, 0.15) is 126 Å². The molecule has 2 heterocycles. The summed E-state index contributed by atoms with van der Waals surface area (Å²) < 4.78 is 46.6. The van der Waals surface area contributed by atoms with Crippen molar-refractivity contribution in [1.82, 2.24) is 0 Å². The standard InChI is InChI=1S/C42H80O7Si3/c1-31-30-44-39(32-21-23-33(43-11)24-22-32)47-38(31)29-37(49-52(16,17)42(8,9)10)28-36(48-51(14,15)41(5,6)7)27-35-20-18-19-34(46-35)25-26-45-50(12,13)40(2,3)4/h21-24,31,34-39H,18-20,25-30H2,1-17H3/t31-,34+,35-,36+,37-,38+,39-/m0/s1. The van der Waals surface area contributed by atoms with Crippen LogP contribution >= 0.6 is 0 Å². The van der Waals surface area contributed by atoms with E-state index >= 15 is 0 Å². The lowest BCUT2D eigenvalue weighted by atomic mass is 9.93. The van der Waals surface area contributed by atoms with E-state index in [4.69, 9.17) is 32.2 Å². The van der Waals surface area contributed by atoms with Crippen LogP contribution in [0.15, 0.2) is 24.3 Å². The van der Waals surface area contributed by atoms with Gasteiger partial charge in [-0.15, -0.1) is 0 Å². The Bertz CT molecular complexity index is 1220. The molecule has 0 bridgehead atoms. The first-order valence-corrected chi connectivity index (χ1v) is 29.0. The molecule has 52 heavy (non-hydrogen) atoms. The van der Waals surface area contributed by atoms with Crippen LogP contribution in [0.2, 0.25) is 54.4 Å². The Morgan fingerprint density at radius 2 is 1.23 bits per heavy atom. The number of methoxy groups -OCH3 is 1. The zero-order valence-electron chi connectivity index (χ0n) is 36.6. The molecule has 0 N–H and O–H groups in total. The molecule has 3 rings (SSSR count). The van der Waals surface area contributed by atoms with E-state index in [2.05, 4.69) is 109 Å². The minimum atomic E-state index is -2.12. The summed E-state index contributed by atoms with van der Waals surface area (Å²) in [4.78, 5) is 0. The molecule has 0 spiro atoms. The van der Waals surface area contributed by atoms with Crippen LogP contribution in [-0.2, 0) is 27.5 Å². The third-order valence-corrected chi connectivity index (χ3v) is 26.7. The fraction of sp³-hybridized carbons (Fsp3) is 0.857. The van der Waals surface area contributed by atoms with E-state index < -0.39 is 31.2 Å². The average molecular weight is 781 g/mol. The molecule has 0 aliphatic carbocycles. The number of hydrogen-bond acceptors (Lipinski definition) is 7. The zero-order valence-corrected chi connectivity index (χ0v) is 39.6. The Labute approximate surface area is 323 Å². The van der Waals surface area contributed by atoms with Crippen molar-refractivity contribution in [3.05, 3.63) is 29.8 Å². The molecule has 1 aromatic rings. The highest BCUT2D eigenvalue weighted by Crippen LogP contribution is 2.43. The van der Waals surface area contributed by atoms with Crippen molar-refractivity contribution in [3.63, 3.8) is 0 Å². The summed E-state index contributed by atoms with van der Waals surface area (Å²) in [6.07, 6.45) is 6.90. The van der Waals surface area contributed by atoms with Gasteiger partial charge in [0, 0.05) is 30.3 Å². The van der Waals surface area contributed by atoms with E-state index in [0.717, 1.165) is 56.4 Å². The van der Waals surface area contributed by atoms with Gasteiger partial charge in [0.25, 0.3) is 0 Å². The van der Waals surface area contributed by atoms with Crippen LogP contribution in [0.25, 0.3) is 0 Å². The summed E-state index contributed by atoms with van der Waals surface area (Å²) in [5, 5.41) is 0.396. The van der Waals surface area contributed by atoms with Crippen LogP contribution in [0, 0.1) is 5.92 Å². The quantitative estimate of drug-likeness (QED) is 0.155. The van der Waals surface area contributed by atoms with Gasteiger partial charge in [0.15, 0.2) is 31.2 Å². The van der Waals surface area contributed by atoms with Crippen molar-refractivity contribution in [1.29, 1.82) is 0 Å². The second kappa shape index (κ2) is 18.1. The number of hydrogen-bond donors (Lipinski definition) is 0.